The summed E-state index contributed by atoms with van der Waals surface area (Å²) in [5, 5.41) is 0.0661. The Bertz CT molecular complexity index is 474. The number of hydrogen-bond acceptors (Lipinski definition) is 2. The first-order valence-electron chi connectivity index (χ1n) is 7.11. The monoisotopic (exact) mass is 299 g/mol. The van der Waals surface area contributed by atoms with Crippen molar-refractivity contribution in [1.29, 1.82) is 0 Å². The fourth-order valence-corrected chi connectivity index (χ4v) is 2.76. The second kappa shape index (κ2) is 7.19. The highest BCUT2D eigenvalue weighted by Gasteiger charge is 2.35. The predicted molar refractivity (Wildman–Crippen MR) is 81.7 cm³/mol. The van der Waals surface area contributed by atoms with Crippen molar-refractivity contribution in [2.45, 2.75) is 46.1 Å². The van der Waals surface area contributed by atoms with E-state index in [0.717, 1.165) is 13.1 Å². The maximum absolute atomic E-state index is 13.9. The second-order valence-electron chi connectivity index (χ2n) is 5.11. The van der Waals surface area contributed by atoms with E-state index in [1.54, 1.807) is 12.1 Å². The third-order valence-corrected chi connectivity index (χ3v) is 4.43. The molecule has 0 radical (unpaired) electrons. The number of rotatable bonds is 7. The molecule has 20 heavy (non-hydrogen) atoms. The highest BCUT2D eigenvalue weighted by molar-refractivity contribution is 6.30. The first-order chi connectivity index (χ1) is 9.40. The third kappa shape index (κ3) is 3.39. The lowest BCUT2D eigenvalue weighted by Gasteiger charge is -2.38. The van der Waals surface area contributed by atoms with Gasteiger partial charge >= 0.3 is 0 Å². The van der Waals surface area contributed by atoms with Crippen molar-refractivity contribution in [2.24, 2.45) is 0 Å². The molecule has 0 saturated heterocycles. The van der Waals surface area contributed by atoms with Crippen molar-refractivity contribution in [3.8, 4) is 0 Å². The topological polar surface area (TPSA) is 20.3 Å². The smallest absolute Gasteiger partial charge is 0.157 e. The summed E-state index contributed by atoms with van der Waals surface area (Å²) in [5.41, 5.74) is -0.188. The third-order valence-electron chi connectivity index (χ3n) is 4.13. The first-order valence-corrected chi connectivity index (χ1v) is 7.49. The Morgan fingerprint density at radius 3 is 2.40 bits per heavy atom. The number of hydrogen-bond donors (Lipinski definition) is 0. The summed E-state index contributed by atoms with van der Waals surface area (Å²) >= 11 is 5.77. The Balaban J connectivity index is 3.01. The van der Waals surface area contributed by atoms with Crippen LogP contribution in [0.3, 0.4) is 0 Å². The van der Waals surface area contributed by atoms with Crippen LogP contribution >= 0.6 is 11.6 Å². The number of carbonyl (C=O) groups is 1. The molecule has 0 bridgehead atoms. The van der Waals surface area contributed by atoms with Crippen molar-refractivity contribution in [3.63, 3.8) is 0 Å². The first kappa shape index (κ1) is 17.1. The number of Topliss-reactive ketones (excluding diaryl/α,β-unsaturated/α-hetero) is 1. The Kier molecular flexibility index (Phi) is 6.15. The number of ketones is 1. The standard InChI is InChI=1S/C16H23ClFNO/c1-5-16(4,19(6-2)7-3)14(20)11-12-9-8-10-13(17)15(12)18/h8-10H,5-7,11H2,1-4H3. The van der Waals surface area contributed by atoms with Crippen LogP contribution in [0.1, 0.15) is 39.7 Å². The minimum absolute atomic E-state index is 0.0323. The van der Waals surface area contributed by atoms with Gasteiger partial charge < -0.3 is 0 Å². The Labute approximate surface area is 125 Å². The molecule has 0 aromatic heterocycles. The zero-order valence-electron chi connectivity index (χ0n) is 12.7. The largest absolute Gasteiger partial charge is 0.297 e. The predicted octanol–water partition coefficient (Wildman–Crippen LogP) is 4.10. The van der Waals surface area contributed by atoms with Crippen LogP contribution in [0.4, 0.5) is 4.39 Å². The van der Waals surface area contributed by atoms with Gasteiger partial charge in [-0.05, 0) is 38.1 Å². The fraction of sp³-hybridized carbons (Fsp3) is 0.562. The summed E-state index contributed by atoms with van der Waals surface area (Å²) < 4.78 is 13.9. The highest BCUT2D eigenvalue weighted by atomic mass is 35.5. The number of likely N-dealkylation sites (N-methyl/N-ethyl adjacent to an activating group) is 1. The van der Waals surface area contributed by atoms with Gasteiger partial charge in [-0.2, -0.15) is 0 Å². The van der Waals surface area contributed by atoms with Gasteiger partial charge in [0.15, 0.2) is 5.78 Å². The van der Waals surface area contributed by atoms with Gasteiger partial charge in [-0.15, -0.1) is 0 Å². The molecule has 0 N–H and O–H groups in total. The maximum atomic E-state index is 13.9. The van der Waals surface area contributed by atoms with Gasteiger partial charge in [-0.1, -0.05) is 44.5 Å². The lowest BCUT2D eigenvalue weighted by molar-refractivity contribution is -0.129. The average Bonchev–Trinajstić information content (AvgIpc) is 2.44. The van der Waals surface area contributed by atoms with Crippen LogP contribution in [0.15, 0.2) is 18.2 Å². The molecule has 0 aliphatic heterocycles. The van der Waals surface area contributed by atoms with Crippen molar-refractivity contribution >= 4 is 17.4 Å². The van der Waals surface area contributed by atoms with Gasteiger partial charge in [0, 0.05) is 6.42 Å². The summed E-state index contributed by atoms with van der Waals surface area (Å²) in [6, 6.07) is 4.79. The number of benzene rings is 1. The molecule has 0 heterocycles. The lowest BCUT2D eigenvalue weighted by atomic mass is 9.87. The zero-order chi connectivity index (χ0) is 15.3. The molecule has 1 atom stereocenters. The minimum Gasteiger partial charge on any atom is -0.297 e. The molecule has 112 valence electrons. The number of halogens is 2. The highest BCUT2D eigenvalue weighted by Crippen LogP contribution is 2.25. The van der Waals surface area contributed by atoms with Crippen LogP contribution in [0.2, 0.25) is 5.02 Å². The minimum atomic E-state index is -0.557. The average molecular weight is 300 g/mol. The Morgan fingerprint density at radius 2 is 1.90 bits per heavy atom. The van der Waals surface area contributed by atoms with E-state index < -0.39 is 11.4 Å². The van der Waals surface area contributed by atoms with Gasteiger partial charge in [0.1, 0.15) is 5.82 Å². The van der Waals surface area contributed by atoms with E-state index in [1.807, 2.05) is 27.7 Å². The molecule has 0 spiro atoms. The molecular formula is C16H23ClFNO. The van der Waals surface area contributed by atoms with E-state index in [2.05, 4.69) is 4.90 Å². The summed E-state index contributed by atoms with van der Waals surface area (Å²) in [6.45, 7) is 9.58. The van der Waals surface area contributed by atoms with Crippen LogP contribution in [0.5, 0.6) is 0 Å². The maximum Gasteiger partial charge on any atom is 0.157 e. The molecule has 0 amide bonds. The molecule has 0 saturated carbocycles. The molecular weight excluding hydrogens is 277 g/mol. The van der Waals surface area contributed by atoms with Crippen molar-refractivity contribution in [3.05, 3.63) is 34.6 Å². The summed E-state index contributed by atoms with van der Waals surface area (Å²) in [6.07, 6.45) is 0.781. The van der Waals surface area contributed by atoms with Crippen molar-refractivity contribution in [2.75, 3.05) is 13.1 Å². The van der Waals surface area contributed by atoms with E-state index in [9.17, 15) is 9.18 Å². The van der Waals surface area contributed by atoms with Crippen LogP contribution in [-0.2, 0) is 11.2 Å². The van der Waals surface area contributed by atoms with Crippen LogP contribution in [-0.4, -0.2) is 29.3 Å². The van der Waals surface area contributed by atoms with E-state index in [4.69, 9.17) is 11.6 Å². The fourth-order valence-electron chi connectivity index (χ4n) is 2.57. The molecule has 1 unspecified atom stereocenters. The molecule has 0 aliphatic rings. The molecule has 0 fully saturated rings. The van der Waals surface area contributed by atoms with Gasteiger partial charge in [-0.25, -0.2) is 4.39 Å². The summed E-state index contributed by atoms with van der Waals surface area (Å²) in [7, 11) is 0. The molecule has 1 aromatic carbocycles. The van der Waals surface area contributed by atoms with E-state index in [1.165, 1.54) is 6.07 Å². The van der Waals surface area contributed by atoms with Gasteiger partial charge in [-0.3, -0.25) is 9.69 Å². The number of carbonyl (C=O) groups excluding carboxylic acids is 1. The normalized spacial score (nSPS) is 14.3. The van der Waals surface area contributed by atoms with Crippen LogP contribution in [0.25, 0.3) is 0 Å². The zero-order valence-corrected chi connectivity index (χ0v) is 13.4. The van der Waals surface area contributed by atoms with Crippen LogP contribution < -0.4 is 0 Å². The molecule has 1 aromatic rings. The quantitative estimate of drug-likeness (QED) is 0.755. The van der Waals surface area contributed by atoms with Gasteiger partial charge in [0.25, 0.3) is 0 Å². The molecule has 0 aliphatic carbocycles. The molecule has 4 heteroatoms. The van der Waals surface area contributed by atoms with Gasteiger partial charge in [0.2, 0.25) is 0 Å². The van der Waals surface area contributed by atoms with E-state index in [-0.39, 0.29) is 17.2 Å². The van der Waals surface area contributed by atoms with E-state index in [0.29, 0.717) is 12.0 Å². The van der Waals surface area contributed by atoms with Crippen molar-refractivity contribution in [1.82, 2.24) is 4.90 Å². The van der Waals surface area contributed by atoms with Gasteiger partial charge in [0.05, 0.1) is 10.6 Å². The Morgan fingerprint density at radius 1 is 1.30 bits per heavy atom. The molecule has 1 rings (SSSR count). The lowest BCUT2D eigenvalue weighted by Crippen LogP contribution is -2.52. The van der Waals surface area contributed by atoms with Crippen molar-refractivity contribution < 1.29 is 9.18 Å². The summed E-state index contributed by atoms with van der Waals surface area (Å²) in [5.74, 6) is -0.453. The van der Waals surface area contributed by atoms with E-state index >= 15 is 0 Å². The van der Waals surface area contributed by atoms with Crippen LogP contribution in [0, 0.1) is 5.82 Å². The number of nitrogens with zero attached hydrogens (tertiary/aromatic N) is 1. The molecule has 2 nitrogen and oxygen atoms in total. The SMILES string of the molecule is CCN(CC)C(C)(CC)C(=O)Cc1cccc(Cl)c1F. The summed E-state index contributed by atoms with van der Waals surface area (Å²) in [4.78, 5) is 14.8. The second-order valence-corrected chi connectivity index (χ2v) is 5.52. The Hall–Kier alpha value is -0.930.